The molecule has 4 N–H and O–H groups in total. The average molecular weight is 554 g/mol. The van der Waals surface area contributed by atoms with Crippen LogP contribution in [0.1, 0.15) is 44.6 Å². The van der Waals surface area contributed by atoms with Gasteiger partial charge in [0.15, 0.2) is 0 Å². The molecule has 0 bridgehead atoms. The van der Waals surface area contributed by atoms with Gasteiger partial charge in [-0.15, -0.1) is 0 Å². The number of hydrogen-bond donors (Lipinski definition) is 2. The summed E-state index contributed by atoms with van der Waals surface area (Å²) in [5.41, 5.74) is 11.0. The normalized spacial score (nSPS) is 13.5. The second-order valence-corrected chi connectivity index (χ2v) is 10.4. The molecule has 2 heterocycles. The molecule has 0 radical (unpaired) electrons. The van der Waals surface area contributed by atoms with Gasteiger partial charge in [0.25, 0.3) is 0 Å². The predicted molar refractivity (Wildman–Crippen MR) is 143 cm³/mol. The fourth-order valence-corrected chi connectivity index (χ4v) is 4.63. The molecule has 0 amide bonds. The Morgan fingerprint density at radius 1 is 1.08 bits per heavy atom. The summed E-state index contributed by atoms with van der Waals surface area (Å²) in [5, 5.41) is 0.589. The van der Waals surface area contributed by atoms with Gasteiger partial charge in [0.05, 0.1) is 17.7 Å². The van der Waals surface area contributed by atoms with Crippen molar-refractivity contribution < 1.29 is 27.1 Å². The second kappa shape index (κ2) is 12.9. The minimum Gasteiger partial charge on any atom is -0.478 e. The maximum atomic E-state index is 12.8. The van der Waals surface area contributed by atoms with Crippen LogP contribution < -0.4 is 16.2 Å². The van der Waals surface area contributed by atoms with Crippen LogP contribution in [0.3, 0.4) is 0 Å². The van der Waals surface area contributed by atoms with Crippen molar-refractivity contribution in [1.29, 1.82) is 0 Å². The summed E-state index contributed by atoms with van der Waals surface area (Å²) in [5.74, 6) is 1.14. The van der Waals surface area contributed by atoms with Crippen molar-refractivity contribution in [3.05, 3.63) is 52.7 Å². The van der Waals surface area contributed by atoms with Gasteiger partial charge in [-0.25, -0.2) is 0 Å². The number of alkyl halides is 3. The van der Waals surface area contributed by atoms with Gasteiger partial charge in [-0.3, -0.25) is 4.79 Å². The number of fused-ring (bicyclic) bond motifs is 1. The third-order valence-corrected chi connectivity index (χ3v) is 7.28. The van der Waals surface area contributed by atoms with Crippen LogP contribution in [0.5, 0.6) is 5.88 Å². The number of ether oxygens (including phenoxy) is 1. The first-order valence-electron chi connectivity index (χ1n) is 11.9. The highest BCUT2D eigenvalue weighted by molar-refractivity contribution is 8.13. The Hall–Kier alpha value is -2.47. The van der Waals surface area contributed by atoms with Crippen LogP contribution >= 0.6 is 24.0 Å². The quantitative estimate of drug-likeness (QED) is 0.193. The van der Waals surface area contributed by atoms with Gasteiger partial charge in [0, 0.05) is 29.3 Å². The van der Waals surface area contributed by atoms with Gasteiger partial charge in [-0.2, -0.15) is 18.2 Å². The topological polar surface area (TPSA) is 104 Å². The summed E-state index contributed by atoms with van der Waals surface area (Å²) in [7, 11) is 0. The lowest BCUT2D eigenvalue weighted by Crippen LogP contribution is -2.50. The molecule has 0 spiro atoms. The smallest absolute Gasteiger partial charge is 0.416 e. The van der Waals surface area contributed by atoms with Crippen molar-refractivity contribution in [2.45, 2.75) is 50.7 Å². The molecular formula is C26H30F3N3O3S2. The summed E-state index contributed by atoms with van der Waals surface area (Å²) >= 11 is 6.56. The highest BCUT2D eigenvalue weighted by atomic mass is 32.2. The molecule has 37 heavy (non-hydrogen) atoms. The van der Waals surface area contributed by atoms with Crippen LogP contribution in [0.25, 0.3) is 22.2 Å². The molecule has 200 valence electrons. The molecule has 3 aromatic rings. The van der Waals surface area contributed by atoms with E-state index >= 15 is 0 Å². The first-order chi connectivity index (χ1) is 17.5. The van der Waals surface area contributed by atoms with E-state index in [4.69, 9.17) is 32.8 Å². The van der Waals surface area contributed by atoms with E-state index in [0.717, 1.165) is 50.0 Å². The third-order valence-electron chi connectivity index (χ3n) is 5.76. The zero-order valence-corrected chi connectivity index (χ0v) is 22.1. The van der Waals surface area contributed by atoms with Crippen LogP contribution in [-0.4, -0.2) is 34.5 Å². The Balaban J connectivity index is 1.45. The zero-order chi connectivity index (χ0) is 27.1. The first kappa shape index (κ1) is 29.1. The van der Waals surface area contributed by atoms with Crippen molar-refractivity contribution >= 4 is 40.2 Å². The Morgan fingerprint density at radius 3 is 2.43 bits per heavy atom. The second-order valence-electron chi connectivity index (χ2n) is 8.94. The highest BCUT2D eigenvalue weighted by Crippen LogP contribution is 2.32. The van der Waals surface area contributed by atoms with Gasteiger partial charge < -0.3 is 20.6 Å². The van der Waals surface area contributed by atoms with E-state index in [9.17, 15) is 18.0 Å². The number of halogens is 3. The number of nitrogens with zero attached hydrogens (tertiary/aromatic N) is 1. The molecule has 1 atom stereocenters. The van der Waals surface area contributed by atoms with Gasteiger partial charge in [0.2, 0.25) is 21.4 Å². The lowest BCUT2D eigenvalue weighted by molar-refractivity contribution is -0.137. The molecule has 0 saturated heterocycles. The largest absolute Gasteiger partial charge is 0.478 e. The fraction of sp³-hybridized carbons (Fsp3) is 0.423. The highest BCUT2D eigenvalue weighted by Gasteiger charge is 2.30. The van der Waals surface area contributed by atoms with Crippen LogP contribution in [0, 0.1) is 4.71 Å². The molecule has 0 aliphatic rings. The Morgan fingerprint density at radius 2 is 1.76 bits per heavy atom. The number of thioether (sulfide) groups is 1. The number of unbranched alkanes of at least 4 members (excludes halogenated alkanes) is 4. The number of aromatic nitrogens is 1. The van der Waals surface area contributed by atoms with Gasteiger partial charge in [-0.1, -0.05) is 43.2 Å². The molecule has 1 unspecified atom stereocenters. The Labute approximate surface area is 223 Å². The average Bonchev–Trinajstić information content (AvgIpc) is 2.86. The number of carbonyl (C=O) groups excluding carboxylic acids is 1. The zero-order valence-electron chi connectivity index (χ0n) is 20.5. The summed E-state index contributed by atoms with van der Waals surface area (Å²) in [6.07, 6.45) is 0.421. The molecule has 0 aliphatic heterocycles. The fourth-order valence-electron chi connectivity index (χ4n) is 3.43. The number of hydrogen-bond acceptors (Lipinski definition) is 8. The van der Waals surface area contributed by atoms with Crippen LogP contribution in [0.2, 0.25) is 0 Å². The van der Waals surface area contributed by atoms with Crippen molar-refractivity contribution in [3.8, 4) is 17.0 Å². The van der Waals surface area contributed by atoms with Crippen molar-refractivity contribution in [1.82, 2.24) is 4.98 Å². The van der Waals surface area contributed by atoms with E-state index in [1.54, 1.807) is 25.1 Å². The maximum absolute atomic E-state index is 12.8. The van der Waals surface area contributed by atoms with E-state index in [2.05, 4.69) is 4.98 Å². The van der Waals surface area contributed by atoms with Crippen LogP contribution in [0.4, 0.5) is 13.2 Å². The molecule has 0 fully saturated rings. The van der Waals surface area contributed by atoms with E-state index < -0.39 is 17.3 Å². The molecular weight excluding hydrogens is 523 g/mol. The van der Waals surface area contributed by atoms with E-state index in [1.807, 2.05) is 0 Å². The Kier molecular flexibility index (Phi) is 10.1. The molecule has 2 aromatic heterocycles. The number of benzene rings is 1. The monoisotopic (exact) mass is 553 g/mol. The molecule has 0 aliphatic carbocycles. The van der Waals surface area contributed by atoms with Crippen LogP contribution in [0.15, 0.2) is 46.9 Å². The molecule has 6 nitrogen and oxygen atoms in total. The molecule has 0 saturated carbocycles. The summed E-state index contributed by atoms with van der Waals surface area (Å²) < 4.78 is 50.0. The molecule has 11 heteroatoms. The summed E-state index contributed by atoms with van der Waals surface area (Å²) in [6.45, 7) is 2.28. The summed E-state index contributed by atoms with van der Waals surface area (Å²) in [6, 6.07) is 10.0. The van der Waals surface area contributed by atoms with Crippen molar-refractivity contribution in [2.75, 3.05) is 18.9 Å². The number of nitrogens with two attached hydrogens (primary N) is 2. The van der Waals surface area contributed by atoms with Gasteiger partial charge in [-0.05, 0) is 61.8 Å². The van der Waals surface area contributed by atoms with E-state index in [-0.39, 0.29) is 16.4 Å². The molecule has 1 aromatic carbocycles. The predicted octanol–water partition coefficient (Wildman–Crippen LogP) is 6.51. The standard InChI is InChI=1S/C26H30F3N3O3S2/c1-25(31,16-30)24(33)37-14-6-4-2-3-5-13-34-21-12-9-18-15-20(23(36)35-22(18)32-21)17-7-10-19(11-8-17)26(27,28)29/h7-12,15H,2-6,13-14,16,30-31H2,1H3. The van der Waals surface area contributed by atoms with E-state index in [1.165, 1.54) is 23.9 Å². The lowest BCUT2D eigenvalue weighted by Gasteiger charge is -2.19. The minimum absolute atomic E-state index is 0.0722. The Bertz CT molecular complexity index is 1260. The molecule has 3 rings (SSSR count). The minimum atomic E-state index is -4.40. The van der Waals surface area contributed by atoms with Gasteiger partial charge in [0.1, 0.15) is 0 Å². The van der Waals surface area contributed by atoms with E-state index in [0.29, 0.717) is 34.7 Å². The first-order valence-corrected chi connectivity index (χ1v) is 13.3. The summed E-state index contributed by atoms with van der Waals surface area (Å²) in [4.78, 5) is 16.3. The van der Waals surface area contributed by atoms with Crippen molar-refractivity contribution in [3.63, 3.8) is 0 Å². The number of pyridine rings is 1. The number of rotatable bonds is 12. The maximum Gasteiger partial charge on any atom is 0.416 e. The third kappa shape index (κ3) is 8.26. The number of carbonyl (C=O) groups is 1. The SMILES string of the molecule is CC(N)(CN)C(=O)SCCCCCCCOc1ccc2cc(-c3ccc(C(F)(F)F)cc3)c(=S)oc2n1. The lowest BCUT2D eigenvalue weighted by atomic mass is 10.0. The van der Waals surface area contributed by atoms with Crippen molar-refractivity contribution in [2.24, 2.45) is 11.5 Å². The van der Waals surface area contributed by atoms with Crippen LogP contribution in [-0.2, 0) is 11.0 Å². The van der Waals surface area contributed by atoms with Gasteiger partial charge >= 0.3 is 6.18 Å².